The molecule has 108 valence electrons. The highest BCUT2D eigenvalue weighted by Gasteiger charge is 2.05. The molecular formula is C17H16BN3O. The predicted octanol–water partition coefficient (Wildman–Crippen LogP) is 2.93. The summed E-state index contributed by atoms with van der Waals surface area (Å²) in [7, 11) is 5.36. The molecule has 0 spiro atoms. The van der Waals surface area contributed by atoms with Gasteiger partial charge >= 0.3 is 0 Å². The van der Waals surface area contributed by atoms with Crippen LogP contribution in [0.25, 0.3) is 10.8 Å². The van der Waals surface area contributed by atoms with E-state index >= 15 is 0 Å². The van der Waals surface area contributed by atoms with Crippen molar-refractivity contribution in [1.29, 1.82) is 0 Å². The van der Waals surface area contributed by atoms with Crippen LogP contribution in [-0.2, 0) is 6.42 Å². The second-order valence-electron chi connectivity index (χ2n) is 4.99. The molecule has 2 radical (unpaired) electrons. The van der Waals surface area contributed by atoms with Gasteiger partial charge in [0.2, 0.25) is 7.98 Å². The van der Waals surface area contributed by atoms with E-state index in [2.05, 4.69) is 10.2 Å². The topological polar surface area (TPSA) is 60.2 Å². The number of benzene rings is 2. The molecule has 3 aromatic rings. The molecular weight excluding hydrogens is 273 g/mol. The van der Waals surface area contributed by atoms with E-state index in [-0.39, 0.29) is 0 Å². The van der Waals surface area contributed by atoms with Gasteiger partial charge in [0.15, 0.2) is 0 Å². The predicted molar refractivity (Wildman–Crippen MR) is 91.2 cm³/mol. The van der Waals surface area contributed by atoms with E-state index < -0.39 is 0 Å². The Balaban J connectivity index is 1.73. The molecule has 0 fully saturated rings. The number of anilines is 2. The summed E-state index contributed by atoms with van der Waals surface area (Å²) in [6.07, 6.45) is 2.50. The van der Waals surface area contributed by atoms with Crippen LogP contribution in [-0.4, -0.2) is 19.6 Å². The molecule has 0 amide bonds. The van der Waals surface area contributed by atoms with Gasteiger partial charge in [-0.25, -0.2) is 4.98 Å². The van der Waals surface area contributed by atoms with Gasteiger partial charge in [-0.3, -0.25) is 0 Å². The first-order valence-corrected chi connectivity index (χ1v) is 7.09. The monoisotopic (exact) mass is 289 g/mol. The Morgan fingerprint density at radius 2 is 1.91 bits per heavy atom. The van der Waals surface area contributed by atoms with Crippen molar-refractivity contribution in [3.05, 3.63) is 60.3 Å². The number of fused-ring (bicyclic) bond motifs is 1. The van der Waals surface area contributed by atoms with Gasteiger partial charge in [-0.05, 0) is 29.8 Å². The molecule has 22 heavy (non-hydrogen) atoms. The van der Waals surface area contributed by atoms with Gasteiger partial charge < -0.3 is 15.7 Å². The highest BCUT2D eigenvalue weighted by molar-refractivity contribution is 6.15. The number of ether oxygens (including phenoxy) is 1. The van der Waals surface area contributed by atoms with Crippen molar-refractivity contribution >= 4 is 30.3 Å². The normalized spacial score (nSPS) is 10.5. The van der Waals surface area contributed by atoms with Crippen LogP contribution in [0.3, 0.4) is 0 Å². The summed E-state index contributed by atoms with van der Waals surface area (Å²) in [5.74, 6) is 1.49. The first kappa shape index (κ1) is 14.3. The largest absolute Gasteiger partial charge is 0.493 e. The maximum Gasteiger partial charge on any atom is 0.224 e. The van der Waals surface area contributed by atoms with E-state index in [4.69, 9.17) is 18.5 Å². The second-order valence-corrected chi connectivity index (χ2v) is 4.99. The molecule has 2 aromatic carbocycles. The van der Waals surface area contributed by atoms with Gasteiger partial charge in [0.25, 0.3) is 0 Å². The van der Waals surface area contributed by atoms with Crippen molar-refractivity contribution in [3.63, 3.8) is 0 Å². The van der Waals surface area contributed by atoms with E-state index in [1.807, 2.05) is 48.5 Å². The average molecular weight is 289 g/mol. The molecule has 0 unspecified atom stereocenters. The zero-order valence-electron chi connectivity index (χ0n) is 12.1. The third kappa shape index (κ3) is 2.98. The third-order valence-electron chi connectivity index (χ3n) is 3.54. The molecule has 0 atom stereocenters. The summed E-state index contributed by atoms with van der Waals surface area (Å²) < 4.78 is 5.92. The Hall–Kier alpha value is -2.69. The number of aromatic nitrogens is 1. The van der Waals surface area contributed by atoms with Crippen molar-refractivity contribution in [2.45, 2.75) is 6.42 Å². The van der Waals surface area contributed by atoms with Gasteiger partial charge in [0.1, 0.15) is 11.6 Å². The van der Waals surface area contributed by atoms with E-state index in [9.17, 15) is 0 Å². The lowest BCUT2D eigenvalue weighted by atomic mass is 10.1. The Labute approximate surface area is 130 Å². The number of hydrogen-bond acceptors (Lipinski definition) is 4. The van der Waals surface area contributed by atoms with Crippen LogP contribution in [0.5, 0.6) is 5.75 Å². The fraction of sp³-hybridized carbons (Fsp3) is 0.118. The zero-order valence-corrected chi connectivity index (χ0v) is 12.1. The Morgan fingerprint density at radius 3 is 2.73 bits per heavy atom. The molecule has 0 saturated heterocycles. The van der Waals surface area contributed by atoms with E-state index in [1.165, 1.54) is 0 Å². The van der Waals surface area contributed by atoms with Gasteiger partial charge in [0.05, 0.1) is 6.61 Å². The van der Waals surface area contributed by atoms with E-state index in [0.717, 1.165) is 34.2 Å². The number of rotatable bonds is 5. The van der Waals surface area contributed by atoms with Crippen molar-refractivity contribution in [1.82, 2.24) is 4.98 Å². The molecule has 1 heterocycles. The second kappa shape index (κ2) is 6.39. The number of hydrogen-bond donors (Lipinski definition) is 2. The van der Waals surface area contributed by atoms with Crippen molar-refractivity contribution < 1.29 is 4.74 Å². The Bertz CT molecular complexity index is 792. The SMILES string of the molecule is [B]Nc1cc(CCOc2ccc(N)c3ccccc23)ccn1. The van der Waals surface area contributed by atoms with E-state index in [1.54, 1.807) is 6.20 Å². The van der Waals surface area contributed by atoms with Gasteiger partial charge in [-0.1, -0.05) is 24.3 Å². The number of nitrogen functional groups attached to an aromatic ring is 1. The summed E-state index contributed by atoms with van der Waals surface area (Å²) in [5.41, 5.74) is 7.87. The lowest BCUT2D eigenvalue weighted by Crippen LogP contribution is -2.03. The summed E-state index contributed by atoms with van der Waals surface area (Å²) in [5, 5.41) is 4.58. The molecule has 3 rings (SSSR count). The number of nitrogens with one attached hydrogen (secondary N) is 1. The van der Waals surface area contributed by atoms with Crippen LogP contribution in [0.1, 0.15) is 5.56 Å². The van der Waals surface area contributed by atoms with Crippen LogP contribution in [0.2, 0.25) is 0 Å². The van der Waals surface area contributed by atoms with Crippen LogP contribution in [0, 0.1) is 0 Å². The molecule has 1 aromatic heterocycles. The van der Waals surface area contributed by atoms with Crippen molar-refractivity contribution in [3.8, 4) is 5.75 Å². The molecule has 0 aliphatic carbocycles. The molecule has 0 bridgehead atoms. The summed E-state index contributed by atoms with van der Waals surface area (Å²) >= 11 is 0. The highest BCUT2D eigenvalue weighted by atomic mass is 16.5. The lowest BCUT2D eigenvalue weighted by molar-refractivity contribution is 0.326. The lowest BCUT2D eigenvalue weighted by Gasteiger charge is -2.11. The molecule has 0 saturated carbocycles. The first-order chi connectivity index (χ1) is 10.8. The van der Waals surface area contributed by atoms with Crippen LogP contribution >= 0.6 is 0 Å². The minimum Gasteiger partial charge on any atom is -0.493 e. The highest BCUT2D eigenvalue weighted by Crippen LogP contribution is 2.29. The maximum absolute atomic E-state index is 6.00. The minimum absolute atomic E-state index is 0.571. The fourth-order valence-corrected chi connectivity index (χ4v) is 2.41. The van der Waals surface area contributed by atoms with Crippen LogP contribution in [0.4, 0.5) is 11.5 Å². The summed E-state index contributed by atoms with van der Waals surface area (Å²) in [4.78, 5) is 4.08. The quantitative estimate of drug-likeness (QED) is 0.560. The summed E-state index contributed by atoms with van der Waals surface area (Å²) in [6, 6.07) is 15.6. The van der Waals surface area contributed by atoms with Crippen LogP contribution in [0.15, 0.2) is 54.7 Å². The number of nitrogens with zero attached hydrogens (tertiary/aromatic N) is 1. The Kier molecular flexibility index (Phi) is 4.14. The molecule has 0 aliphatic heterocycles. The number of pyridine rings is 1. The molecule has 0 aliphatic rings. The standard InChI is InChI=1S/C17H16BN3O/c18-21-17-11-12(7-9-20-17)8-10-22-16-6-5-15(19)13-3-1-2-4-14(13)16/h1-7,9,11H,8,10,19H2,(H,20,21). The molecule has 5 heteroatoms. The zero-order chi connectivity index (χ0) is 15.4. The summed E-state index contributed by atoms with van der Waals surface area (Å²) in [6.45, 7) is 0.571. The van der Waals surface area contributed by atoms with Gasteiger partial charge in [-0.2, -0.15) is 0 Å². The van der Waals surface area contributed by atoms with Gasteiger partial charge in [-0.15, -0.1) is 0 Å². The Morgan fingerprint density at radius 1 is 1.09 bits per heavy atom. The van der Waals surface area contributed by atoms with Crippen LogP contribution < -0.4 is 15.7 Å². The molecule has 4 nitrogen and oxygen atoms in total. The first-order valence-electron chi connectivity index (χ1n) is 7.09. The minimum atomic E-state index is 0.571. The van der Waals surface area contributed by atoms with Crippen molar-refractivity contribution in [2.75, 3.05) is 17.6 Å². The van der Waals surface area contributed by atoms with Gasteiger partial charge in [0, 0.05) is 29.1 Å². The number of nitrogens with two attached hydrogens (primary N) is 1. The fourth-order valence-electron chi connectivity index (χ4n) is 2.41. The van der Waals surface area contributed by atoms with E-state index in [0.29, 0.717) is 12.4 Å². The smallest absolute Gasteiger partial charge is 0.224 e. The average Bonchev–Trinajstić information content (AvgIpc) is 2.57. The molecule has 3 N–H and O–H groups in total. The van der Waals surface area contributed by atoms with Crippen molar-refractivity contribution in [2.24, 2.45) is 0 Å². The maximum atomic E-state index is 6.00. The third-order valence-corrected chi connectivity index (χ3v) is 3.54.